The van der Waals surface area contributed by atoms with Gasteiger partial charge in [0.15, 0.2) is 0 Å². The highest BCUT2D eigenvalue weighted by Crippen LogP contribution is 2.50. The minimum Gasteiger partial charge on any atom is -0.508 e. The SMILES string of the molecule is CCc1ccccc1C1=COc2cc(O)cc(O)c2C1(O)ONC(C)=O. The van der Waals surface area contributed by atoms with Crippen LogP contribution in [0.1, 0.15) is 30.5 Å². The van der Waals surface area contributed by atoms with Crippen LogP contribution in [-0.4, -0.2) is 21.2 Å². The molecule has 26 heavy (non-hydrogen) atoms. The van der Waals surface area contributed by atoms with E-state index in [1.165, 1.54) is 19.3 Å². The normalized spacial score (nSPS) is 18.5. The van der Waals surface area contributed by atoms with Gasteiger partial charge in [0.1, 0.15) is 29.1 Å². The number of nitrogens with one attached hydrogen (secondary N) is 1. The molecule has 0 bridgehead atoms. The van der Waals surface area contributed by atoms with E-state index < -0.39 is 17.4 Å². The van der Waals surface area contributed by atoms with E-state index >= 15 is 0 Å². The largest absolute Gasteiger partial charge is 0.508 e. The highest BCUT2D eigenvalue weighted by atomic mass is 16.7. The summed E-state index contributed by atoms with van der Waals surface area (Å²) in [6.07, 6.45) is 1.95. The summed E-state index contributed by atoms with van der Waals surface area (Å²) in [5.74, 6) is -3.43. The Bertz CT molecular complexity index is 892. The first-order valence-corrected chi connectivity index (χ1v) is 8.05. The summed E-state index contributed by atoms with van der Waals surface area (Å²) in [6, 6.07) is 9.61. The molecule has 0 radical (unpaired) electrons. The summed E-state index contributed by atoms with van der Waals surface area (Å²) in [6.45, 7) is 3.18. The Morgan fingerprint density at radius 1 is 1.27 bits per heavy atom. The molecule has 1 aliphatic rings. The highest BCUT2D eigenvalue weighted by molar-refractivity contribution is 5.79. The van der Waals surface area contributed by atoms with Crippen LogP contribution >= 0.6 is 0 Å². The maximum absolute atomic E-state index is 11.4. The molecule has 136 valence electrons. The predicted molar refractivity (Wildman–Crippen MR) is 93.0 cm³/mol. The summed E-state index contributed by atoms with van der Waals surface area (Å²) >= 11 is 0. The molecule has 0 fully saturated rings. The third kappa shape index (κ3) is 2.98. The van der Waals surface area contributed by atoms with Crippen molar-refractivity contribution in [2.45, 2.75) is 26.1 Å². The number of carbonyl (C=O) groups is 1. The van der Waals surface area contributed by atoms with Gasteiger partial charge in [0.2, 0.25) is 5.91 Å². The Hall–Kier alpha value is -3.03. The van der Waals surface area contributed by atoms with Crippen LogP contribution in [0.15, 0.2) is 42.7 Å². The summed E-state index contributed by atoms with van der Waals surface area (Å²) in [7, 11) is 0. The molecule has 7 heteroatoms. The van der Waals surface area contributed by atoms with Crippen LogP contribution in [0, 0.1) is 0 Å². The lowest BCUT2D eigenvalue weighted by atomic mass is 9.87. The van der Waals surface area contributed by atoms with E-state index in [2.05, 4.69) is 5.48 Å². The van der Waals surface area contributed by atoms with Crippen LogP contribution in [0.5, 0.6) is 17.2 Å². The topological polar surface area (TPSA) is 108 Å². The molecule has 3 rings (SSSR count). The van der Waals surface area contributed by atoms with E-state index in [1.54, 1.807) is 12.1 Å². The van der Waals surface area contributed by atoms with Crippen molar-refractivity contribution in [3.63, 3.8) is 0 Å². The molecule has 1 amide bonds. The van der Waals surface area contributed by atoms with Crippen LogP contribution < -0.4 is 10.2 Å². The number of hydroxylamine groups is 1. The van der Waals surface area contributed by atoms with Gasteiger partial charge in [0.05, 0.1) is 5.57 Å². The van der Waals surface area contributed by atoms with Gasteiger partial charge in [-0.05, 0) is 17.5 Å². The van der Waals surface area contributed by atoms with Crippen LogP contribution in [0.2, 0.25) is 0 Å². The van der Waals surface area contributed by atoms with Gasteiger partial charge >= 0.3 is 0 Å². The van der Waals surface area contributed by atoms with Crippen molar-refractivity contribution in [1.82, 2.24) is 5.48 Å². The van der Waals surface area contributed by atoms with Crippen LogP contribution in [0.4, 0.5) is 0 Å². The lowest BCUT2D eigenvalue weighted by Gasteiger charge is -2.35. The van der Waals surface area contributed by atoms with Crippen molar-refractivity contribution in [3.8, 4) is 17.2 Å². The quantitative estimate of drug-likeness (QED) is 0.494. The first-order valence-electron chi connectivity index (χ1n) is 8.05. The lowest BCUT2D eigenvalue weighted by Crippen LogP contribution is -2.40. The molecule has 1 atom stereocenters. The molecule has 0 saturated heterocycles. The average molecular weight is 357 g/mol. The number of benzene rings is 2. The molecule has 0 aromatic heterocycles. The van der Waals surface area contributed by atoms with Gasteiger partial charge in [-0.25, -0.2) is 10.3 Å². The molecule has 1 heterocycles. The summed E-state index contributed by atoms with van der Waals surface area (Å²) in [5, 5.41) is 31.3. The Morgan fingerprint density at radius 3 is 2.69 bits per heavy atom. The third-order valence-corrected chi connectivity index (χ3v) is 4.10. The Kier molecular flexibility index (Phi) is 4.58. The van der Waals surface area contributed by atoms with Gasteiger partial charge < -0.3 is 20.1 Å². The maximum Gasteiger partial charge on any atom is 0.254 e. The number of aliphatic hydroxyl groups is 1. The van der Waals surface area contributed by atoms with Gasteiger partial charge in [0.25, 0.3) is 5.79 Å². The second-order valence-corrected chi connectivity index (χ2v) is 5.90. The number of hydrogen-bond donors (Lipinski definition) is 4. The van der Waals surface area contributed by atoms with Gasteiger partial charge in [0, 0.05) is 19.1 Å². The number of aromatic hydroxyl groups is 2. The minimum atomic E-state index is -2.22. The average Bonchev–Trinajstić information content (AvgIpc) is 2.59. The van der Waals surface area contributed by atoms with E-state index in [0.717, 1.165) is 11.6 Å². The van der Waals surface area contributed by atoms with Gasteiger partial charge in [-0.2, -0.15) is 0 Å². The number of aryl methyl sites for hydroxylation is 1. The summed E-state index contributed by atoms with van der Waals surface area (Å²) in [5.41, 5.74) is 3.76. The van der Waals surface area contributed by atoms with E-state index in [1.807, 2.05) is 19.1 Å². The number of ether oxygens (including phenoxy) is 1. The smallest absolute Gasteiger partial charge is 0.254 e. The predicted octanol–water partition coefficient (Wildman–Crippen LogP) is 2.31. The fourth-order valence-electron chi connectivity index (χ4n) is 2.95. The highest BCUT2D eigenvalue weighted by Gasteiger charge is 2.46. The summed E-state index contributed by atoms with van der Waals surface area (Å²) < 4.78 is 5.52. The van der Waals surface area contributed by atoms with Crippen LogP contribution in [0.3, 0.4) is 0 Å². The number of rotatable bonds is 4. The molecular weight excluding hydrogens is 338 g/mol. The third-order valence-electron chi connectivity index (χ3n) is 4.10. The molecule has 2 aromatic rings. The molecule has 0 saturated carbocycles. The van der Waals surface area contributed by atoms with E-state index in [-0.39, 0.29) is 22.6 Å². The second-order valence-electron chi connectivity index (χ2n) is 5.90. The standard InChI is InChI=1S/C19H19NO6/c1-3-12-6-4-5-7-14(12)15-10-25-17-9-13(22)8-16(23)18(17)19(15,24)26-20-11(2)21/h4-10,22-24H,3H2,1-2H3,(H,20,21). The van der Waals surface area contributed by atoms with Gasteiger partial charge in [-0.15, -0.1) is 0 Å². The maximum atomic E-state index is 11.4. The molecule has 7 nitrogen and oxygen atoms in total. The molecule has 0 spiro atoms. The number of carbonyl (C=O) groups excluding carboxylic acids is 1. The number of phenols is 2. The fraction of sp³-hybridized carbons (Fsp3) is 0.211. The van der Waals surface area contributed by atoms with Gasteiger partial charge in [-0.1, -0.05) is 31.2 Å². The second kappa shape index (κ2) is 6.70. The molecule has 2 aromatic carbocycles. The number of amides is 1. The van der Waals surface area contributed by atoms with Gasteiger partial charge in [-0.3, -0.25) is 4.79 Å². The van der Waals surface area contributed by atoms with Crippen LogP contribution in [-0.2, 0) is 21.8 Å². The molecule has 1 unspecified atom stereocenters. The van der Waals surface area contributed by atoms with Crippen molar-refractivity contribution in [3.05, 3.63) is 59.4 Å². The summed E-state index contributed by atoms with van der Waals surface area (Å²) in [4.78, 5) is 16.7. The Morgan fingerprint density at radius 2 is 2.00 bits per heavy atom. The molecule has 0 aliphatic carbocycles. The number of phenolic OH excluding ortho intramolecular Hbond substituents is 2. The van der Waals surface area contributed by atoms with E-state index in [4.69, 9.17) is 9.57 Å². The first kappa shape index (κ1) is 17.8. The molecular formula is C19H19NO6. The molecule has 1 aliphatic heterocycles. The van der Waals surface area contributed by atoms with Crippen molar-refractivity contribution in [1.29, 1.82) is 0 Å². The monoisotopic (exact) mass is 357 g/mol. The van der Waals surface area contributed by atoms with E-state index in [9.17, 15) is 20.1 Å². The Balaban J connectivity index is 2.21. The van der Waals surface area contributed by atoms with Crippen molar-refractivity contribution >= 4 is 11.5 Å². The zero-order valence-electron chi connectivity index (χ0n) is 14.3. The zero-order valence-corrected chi connectivity index (χ0v) is 14.3. The van der Waals surface area contributed by atoms with Crippen molar-refractivity contribution < 1.29 is 29.7 Å². The van der Waals surface area contributed by atoms with Crippen molar-refractivity contribution in [2.24, 2.45) is 0 Å². The van der Waals surface area contributed by atoms with Crippen molar-refractivity contribution in [2.75, 3.05) is 0 Å². The zero-order chi connectivity index (χ0) is 18.9. The van der Waals surface area contributed by atoms with Crippen LogP contribution in [0.25, 0.3) is 5.57 Å². The lowest BCUT2D eigenvalue weighted by molar-refractivity contribution is -0.211. The molecule has 4 N–H and O–H groups in total. The minimum absolute atomic E-state index is 0.00748. The fourth-order valence-corrected chi connectivity index (χ4v) is 2.95. The number of hydrogen-bond acceptors (Lipinski definition) is 6. The van der Waals surface area contributed by atoms with E-state index in [0.29, 0.717) is 12.0 Å². The number of fused-ring (bicyclic) bond motifs is 1. The first-order chi connectivity index (χ1) is 12.4. The Labute approximate surface area is 150 Å².